The molecule has 0 saturated heterocycles. The Bertz CT molecular complexity index is 1180. The molecule has 6 nitrogen and oxygen atoms in total. The molecule has 0 bridgehead atoms. The molecule has 0 spiro atoms. The maximum Gasteiger partial charge on any atom is 0.252 e. The number of hydrogen-bond acceptors (Lipinski definition) is 4. The maximum absolute atomic E-state index is 13.3. The van der Waals surface area contributed by atoms with Gasteiger partial charge >= 0.3 is 0 Å². The van der Waals surface area contributed by atoms with Gasteiger partial charge in [-0.2, -0.15) is 5.10 Å². The number of rotatable bonds is 5. The summed E-state index contributed by atoms with van der Waals surface area (Å²) in [5, 5.41) is 8.29. The predicted molar refractivity (Wildman–Crippen MR) is 118 cm³/mol. The number of nitrogens with one attached hydrogen (secondary N) is 1. The molecule has 6 heteroatoms. The third-order valence-corrected chi connectivity index (χ3v) is 5.13. The molecular weight excluding hydrogens is 374 g/mol. The Morgan fingerprint density at radius 3 is 2.50 bits per heavy atom. The fourth-order valence-corrected chi connectivity index (χ4v) is 3.44. The summed E-state index contributed by atoms with van der Waals surface area (Å²) in [5.41, 5.74) is 4.97. The number of fused-ring (bicyclic) bond motifs is 1. The lowest BCUT2D eigenvalue weighted by Crippen LogP contribution is -2.27. The minimum atomic E-state index is -0.218. The fraction of sp³-hybridized carbons (Fsp3) is 0.250. The molecule has 1 atom stereocenters. The lowest BCUT2D eigenvalue weighted by Gasteiger charge is -2.15. The third kappa shape index (κ3) is 3.81. The second-order valence-corrected chi connectivity index (χ2v) is 7.79. The summed E-state index contributed by atoms with van der Waals surface area (Å²) in [6.45, 7) is 8.08. The van der Waals surface area contributed by atoms with Crippen LogP contribution in [0.1, 0.15) is 54.5 Å². The van der Waals surface area contributed by atoms with E-state index in [2.05, 4.69) is 29.2 Å². The van der Waals surface area contributed by atoms with Crippen molar-refractivity contribution in [3.05, 3.63) is 77.7 Å². The summed E-state index contributed by atoms with van der Waals surface area (Å²) in [5.74, 6) is -0.169. The zero-order valence-corrected chi connectivity index (χ0v) is 17.6. The standard InChI is InChI=1S/C24H25N5O/c1-15(2)29-23-20(14-26-29)19(13-22(28-23)18-10-8-16(3)9-11-18)24(30)27-17(4)21-7-5-6-12-25-21/h5-15,17H,1-4H3,(H,27,30). The first kappa shape index (κ1) is 19.8. The summed E-state index contributed by atoms with van der Waals surface area (Å²) in [6, 6.07) is 15.6. The van der Waals surface area contributed by atoms with Gasteiger partial charge in [-0.3, -0.25) is 9.78 Å². The lowest BCUT2D eigenvalue weighted by molar-refractivity contribution is 0.0940. The SMILES string of the molecule is Cc1ccc(-c2cc(C(=O)NC(C)c3ccccn3)c3cnn(C(C)C)c3n2)cc1. The number of benzene rings is 1. The van der Waals surface area contributed by atoms with Gasteiger partial charge < -0.3 is 5.32 Å². The minimum Gasteiger partial charge on any atom is -0.344 e. The zero-order valence-electron chi connectivity index (χ0n) is 17.6. The zero-order chi connectivity index (χ0) is 21.3. The van der Waals surface area contributed by atoms with Gasteiger partial charge in [0.25, 0.3) is 5.91 Å². The number of aryl methyl sites for hydroxylation is 1. The van der Waals surface area contributed by atoms with Gasteiger partial charge in [0, 0.05) is 17.8 Å². The van der Waals surface area contributed by atoms with E-state index in [0.29, 0.717) is 11.2 Å². The van der Waals surface area contributed by atoms with Crippen LogP contribution in [0.25, 0.3) is 22.3 Å². The van der Waals surface area contributed by atoms with Gasteiger partial charge in [-0.15, -0.1) is 0 Å². The van der Waals surface area contributed by atoms with Crippen molar-refractivity contribution in [2.24, 2.45) is 0 Å². The molecule has 0 radical (unpaired) electrons. The van der Waals surface area contributed by atoms with Crippen molar-refractivity contribution in [1.29, 1.82) is 0 Å². The Morgan fingerprint density at radius 2 is 1.83 bits per heavy atom. The lowest BCUT2D eigenvalue weighted by atomic mass is 10.0. The molecule has 152 valence electrons. The second kappa shape index (κ2) is 8.06. The summed E-state index contributed by atoms with van der Waals surface area (Å²) >= 11 is 0. The van der Waals surface area contributed by atoms with Crippen LogP contribution < -0.4 is 5.32 Å². The molecule has 1 aromatic carbocycles. The van der Waals surface area contributed by atoms with Gasteiger partial charge in [0.1, 0.15) is 0 Å². The molecular formula is C24H25N5O. The number of aromatic nitrogens is 4. The van der Waals surface area contributed by atoms with E-state index >= 15 is 0 Å². The van der Waals surface area contributed by atoms with Gasteiger partial charge in [0.15, 0.2) is 5.65 Å². The van der Waals surface area contributed by atoms with Gasteiger partial charge in [-0.1, -0.05) is 35.9 Å². The molecule has 0 aliphatic rings. The largest absolute Gasteiger partial charge is 0.344 e. The molecule has 4 rings (SSSR count). The van der Waals surface area contributed by atoms with Crippen LogP contribution in [-0.2, 0) is 0 Å². The molecule has 4 aromatic rings. The van der Waals surface area contributed by atoms with Crippen molar-refractivity contribution < 1.29 is 4.79 Å². The van der Waals surface area contributed by atoms with Gasteiger partial charge in [-0.05, 0) is 45.9 Å². The van der Waals surface area contributed by atoms with Crippen LogP contribution in [0.15, 0.2) is 60.9 Å². The van der Waals surface area contributed by atoms with Crippen LogP contribution >= 0.6 is 0 Å². The average molecular weight is 399 g/mol. The molecule has 1 unspecified atom stereocenters. The summed E-state index contributed by atoms with van der Waals surface area (Å²) in [7, 11) is 0. The molecule has 1 amide bonds. The monoisotopic (exact) mass is 399 g/mol. The van der Waals surface area contributed by atoms with Crippen molar-refractivity contribution >= 4 is 16.9 Å². The predicted octanol–water partition coefficient (Wildman–Crippen LogP) is 4.87. The number of carbonyl (C=O) groups excluding carboxylic acids is 1. The van der Waals surface area contributed by atoms with E-state index in [9.17, 15) is 4.79 Å². The maximum atomic E-state index is 13.3. The number of carbonyl (C=O) groups is 1. The second-order valence-electron chi connectivity index (χ2n) is 7.79. The first-order valence-corrected chi connectivity index (χ1v) is 10.1. The molecule has 1 N–H and O–H groups in total. The van der Waals surface area contributed by atoms with Crippen molar-refractivity contribution in [1.82, 2.24) is 25.1 Å². The highest BCUT2D eigenvalue weighted by molar-refractivity contribution is 6.06. The van der Waals surface area contributed by atoms with E-state index < -0.39 is 0 Å². The van der Waals surface area contributed by atoms with Gasteiger partial charge in [0.05, 0.1) is 34.6 Å². The Kier molecular flexibility index (Phi) is 5.31. The summed E-state index contributed by atoms with van der Waals surface area (Å²) < 4.78 is 1.85. The Labute approximate surface area is 176 Å². The van der Waals surface area contributed by atoms with Crippen LogP contribution in [0.3, 0.4) is 0 Å². The third-order valence-electron chi connectivity index (χ3n) is 5.13. The van der Waals surface area contributed by atoms with Crippen molar-refractivity contribution in [2.75, 3.05) is 0 Å². The highest BCUT2D eigenvalue weighted by Gasteiger charge is 2.20. The van der Waals surface area contributed by atoms with E-state index in [4.69, 9.17) is 4.98 Å². The molecule has 0 aliphatic heterocycles. The van der Waals surface area contributed by atoms with E-state index in [1.54, 1.807) is 12.4 Å². The smallest absolute Gasteiger partial charge is 0.252 e. The first-order valence-electron chi connectivity index (χ1n) is 10.1. The van der Waals surface area contributed by atoms with Crippen LogP contribution in [0.2, 0.25) is 0 Å². The van der Waals surface area contributed by atoms with E-state index in [1.807, 2.05) is 67.1 Å². The number of pyridine rings is 2. The minimum absolute atomic E-state index is 0.131. The molecule has 0 aliphatic carbocycles. The van der Waals surface area contributed by atoms with Crippen LogP contribution in [0, 0.1) is 6.92 Å². The molecule has 0 fully saturated rings. The number of hydrogen-bond donors (Lipinski definition) is 1. The molecule has 3 aromatic heterocycles. The van der Waals surface area contributed by atoms with Gasteiger partial charge in [0.2, 0.25) is 0 Å². The van der Waals surface area contributed by atoms with Crippen molar-refractivity contribution in [3.8, 4) is 11.3 Å². The fourth-order valence-electron chi connectivity index (χ4n) is 3.44. The highest BCUT2D eigenvalue weighted by atomic mass is 16.1. The Hall–Kier alpha value is -3.54. The summed E-state index contributed by atoms with van der Waals surface area (Å²) in [6.07, 6.45) is 3.45. The van der Waals surface area contributed by atoms with Crippen LogP contribution in [0.5, 0.6) is 0 Å². The van der Waals surface area contributed by atoms with Crippen LogP contribution in [0.4, 0.5) is 0 Å². The average Bonchev–Trinajstić information content (AvgIpc) is 3.18. The van der Waals surface area contributed by atoms with E-state index in [1.165, 1.54) is 5.56 Å². The summed E-state index contributed by atoms with van der Waals surface area (Å²) in [4.78, 5) is 22.4. The Morgan fingerprint density at radius 1 is 1.07 bits per heavy atom. The topological polar surface area (TPSA) is 72.7 Å². The van der Waals surface area contributed by atoms with Gasteiger partial charge in [-0.25, -0.2) is 9.67 Å². The van der Waals surface area contributed by atoms with E-state index in [0.717, 1.165) is 22.3 Å². The Balaban J connectivity index is 1.79. The van der Waals surface area contributed by atoms with Crippen molar-refractivity contribution in [2.45, 2.75) is 39.8 Å². The normalized spacial score (nSPS) is 12.3. The molecule has 3 heterocycles. The number of amides is 1. The van der Waals surface area contributed by atoms with E-state index in [-0.39, 0.29) is 18.0 Å². The van der Waals surface area contributed by atoms with Crippen molar-refractivity contribution in [3.63, 3.8) is 0 Å². The highest BCUT2D eigenvalue weighted by Crippen LogP contribution is 2.27. The molecule has 0 saturated carbocycles. The number of nitrogens with zero attached hydrogens (tertiary/aromatic N) is 4. The molecule has 30 heavy (non-hydrogen) atoms. The quantitative estimate of drug-likeness (QED) is 0.519. The van der Waals surface area contributed by atoms with Crippen LogP contribution in [-0.4, -0.2) is 25.7 Å². The first-order chi connectivity index (χ1) is 14.4.